The molecule has 1 aliphatic heterocycles. The lowest BCUT2D eigenvalue weighted by atomic mass is 9.98. The molecule has 1 rings (SSSR count). The minimum absolute atomic E-state index is 0.0284. The highest BCUT2D eigenvalue weighted by Crippen LogP contribution is 2.15. The third-order valence-corrected chi connectivity index (χ3v) is 3.69. The molecule has 0 aromatic carbocycles. The second kappa shape index (κ2) is 8.25. The van der Waals surface area contributed by atoms with Gasteiger partial charge in [0.05, 0.1) is 0 Å². The Labute approximate surface area is 122 Å². The Bertz CT molecular complexity index is 331. The second-order valence-corrected chi connectivity index (χ2v) is 5.76. The van der Waals surface area contributed by atoms with Crippen LogP contribution in [0.2, 0.25) is 0 Å². The summed E-state index contributed by atoms with van der Waals surface area (Å²) in [7, 11) is 0. The van der Waals surface area contributed by atoms with Gasteiger partial charge in [0.25, 0.3) is 0 Å². The molecule has 1 heterocycles. The molecule has 0 bridgehead atoms. The average molecular weight is 284 g/mol. The molecule has 5 heteroatoms. The number of nitrogens with zero attached hydrogens (tertiary/aromatic N) is 1. The van der Waals surface area contributed by atoms with Gasteiger partial charge >= 0.3 is 0 Å². The molecule has 1 N–H and O–H groups in total. The third kappa shape index (κ3) is 4.47. The van der Waals surface area contributed by atoms with Crippen LogP contribution in [-0.2, 0) is 14.3 Å². The van der Waals surface area contributed by atoms with Crippen molar-refractivity contribution in [2.75, 3.05) is 19.8 Å². The van der Waals surface area contributed by atoms with Crippen molar-refractivity contribution < 1.29 is 14.3 Å². The van der Waals surface area contributed by atoms with Gasteiger partial charge in [0.15, 0.2) is 0 Å². The van der Waals surface area contributed by atoms with Gasteiger partial charge < -0.3 is 15.0 Å². The number of rotatable bonds is 8. The van der Waals surface area contributed by atoms with E-state index >= 15 is 0 Å². The summed E-state index contributed by atoms with van der Waals surface area (Å²) in [6.45, 7) is 9.81. The van der Waals surface area contributed by atoms with Gasteiger partial charge in [0.2, 0.25) is 11.8 Å². The Hall–Kier alpha value is -1.10. The maximum Gasteiger partial charge on any atom is 0.246 e. The molecule has 0 aromatic heterocycles. The van der Waals surface area contributed by atoms with Crippen molar-refractivity contribution in [3.63, 3.8) is 0 Å². The predicted octanol–water partition coefficient (Wildman–Crippen LogP) is 1.56. The smallest absolute Gasteiger partial charge is 0.246 e. The summed E-state index contributed by atoms with van der Waals surface area (Å²) in [5.41, 5.74) is 0. The minimum Gasteiger partial charge on any atom is -0.381 e. The number of nitrogens with one attached hydrogen (secondary N) is 1. The number of piperazine rings is 1. The Kier molecular flexibility index (Phi) is 6.99. The van der Waals surface area contributed by atoms with Crippen LogP contribution in [0, 0.1) is 5.92 Å². The number of unbranched alkanes of at least 4 members (excludes halogenated alkanes) is 1. The van der Waals surface area contributed by atoms with E-state index in [-0.39, 0.29) is 29.8 Å². The fourth-order valence-corrected chi connectivity index (χ4v) is 2.29. The van der Waals surface area contributed by atoms with Gasteiger partial charge in [0.1, 0.15) is 12.1 Å². The SMILES string of the molecule is CCCCOCCCN1C(=O)C(C(C)C)NC(=O)C1C. The number of hydrogen-bond acceptors (Lipinski definition) is 3. The lowest BCUT2D eigenvalue weighted by Crippen LogP contribution is -2.63. The van der Waals surface area contributed by atoms with E-state index in [9.17, 15) is 9.59 Å². The first-order valence-corrected chi connectivity index (χ1v) is 7.67. The van der Waals surface area contributed by atoms with E-state index in [0.29, 0.717) is 13.2 Å². The van der Waals surface area contributed by atoms with Gasteiger partial charge in [-0.1, -0.05) is 27.2 Å². The van der Waals surface area contributed by atoms with E-state index in [0.717, 1.165) is 25.9 Å². The molecule has 0 radical (unpaired) electrons. The van der Waals surface area contributed by atoms with Crippen molar-refractivity contribution >= 4 is 11.8 Å². The van der Waals surface area contributed by atoms with Crippen LogP contribution in [0.3, 0.4) is 0 Å². The maximum absolute atomic E-state index is 12.4. The number of carbonyl (C=O) groups excluding carboxylic acids is 2. The lowest BCUT2D eigenvalue weighted by Gasteiger charge is -2.38. The number of hydrogen-bond donors (Lipinski definition) is 1. The third-order valence-electron chi connectivity index (χ3n) is 3.69. The Morgan fingerprint density at radius 3 is 2.50 bits per heavy atom. The van der Waals surface area contributed by atoms with Crippen molar-refractivity contribution in [2.45, 2.75) is 59.0 Å². The molecule has 0 spiro atoms. The van der Waals surface area contributed by atoms with Crippen molar-refractivity contribution in [2.24, 2.45) is 5.92 Å². The lowest BCUT2D eigenvalue weighted by molar-refractivity contribution is -0.150. The number of carbonyl (C=O) groups is 2. The number of amides is 2. The minimum atomic E-state index is -0.389. The van der Waals surface area contributed by atoms with Crippen LogP contribution < -0.4 is 5.32 Å². The Balaban J connectivity index is 2.44. The summed E-state index contributed by atoms with van der Waals surface area (Å²) in [5.74, 6) is 0.0816. The molecular formula is C15H28N2O3. The summed E-state index contributed by atoms with van der Waals surface area (Å²) >= 11 is 0. The van der Waals surface area contributed by atoms with Gasteiger partial charge in [-0.05, 0) is 25.7 Å². The van der Waals surface area contributed by atoms with Crippen LogP contribution in [0.15, 0.2) is 0 Å². The zero-order chi connectivity index (χ0) is 15.1. The van der Waals surface area contributed by atoms with Crippen molar-refractivity contribution in [1.82, 2.24) is 10.2 Å². The Morgan fingerprint density at radius 2 is 1.90 bits per heavy atom. The number of ether oxygens (including phenoxy) is 1. The van der Waals surface area contributed by atoms with Gasteiger partial charge in [-0.25, -0.2) is 0 Å². The van der Waals surface area contributed by atoms with E-state index in [1.807, 2.05) is 13.8 Å². The van der Waals surface area contributed by atoms with Gasteiger partial charge in [-0.15, -0.1) is 0 Å². The zero-order valence-corrected chi connectivity index (χ0v) is 13.1. The average Bonchev–Trinajstić information content (AvgIpc) is 2.40. The highest BCUT2D eigenvalue weighted by molar-refractivity contribution is 5.96. The predicted molar refractivity (Wildman–Crippen MR) is 78.3 cm³/mol. The van der Waals surface area contributed by atoms with E-state index in [4.69, 9.17) is 4.74 Å². The summed E-state index contributed by atoms with van der Waals surface area (Å²) in [6, 6.07) is -0.771. The molecule has 1 fully saturated rings. The first-order chi connectivity index (χ1) is 9.49. The summed E-state index contributed by atoms with van der Waals surface area (Å²) < 4.78 is 5.50. The van der Waals surface area contributed by atoms with Crippen LogP contribution in [0.5, 0.6) is 0 Å². The van der Waals surface area contributed by atoms with Crippen molar-refractivity contribution in [3.8, 4) is 0 Å². The Morgan fingerprint density at radius 1 is 1.25 bits per heavy atom. The van der Waals surface area contributed by atoms with E-state index < -0.39 is 0 Å². The largest absolute Gasteiger partial charge is 0.381 e. The maximum atomic E-state index is 12.4. The van der Waals surface area contributed by atoms with Gasteiger partial charge in [0, 0.05) is 19.8 Å². The monoisotopic (exact) mass is 284 g/mol. The van der Waals surface area contributed by atoms with Crippen LogP contribution in [0.4, 0.5) is 0 Å². The first kappa shape index (κ1) is 17.0. The van der Waals surface area contributed by atoms with E-state index in [1.54, 1.807) is 11.8 Å². The fraction of sp³-hybridized carbons (Fsp3) is 0.867. The molecular weight excluding hydrogens is 256 g/mol. The van der Waals surface area contributed by atoms with E-state index in [2.05, 4.69) is 12.2 Å². The zero-order valence-electron chi connectivity index (χ0n) is 13.1. The summed E-state index contributed by atoms with van der Waals surface area (Å²) in [6.07, 6.45) is 2.96. The van der Waals surface area contributed by atoms with Crippen LogP contribution in [0.25, 0.3) is 0 Å². The molecule has 0 saturated carbocycles. The molecule has 1 saturated heterocycles. The van der Waals surface area contributed by atoms with Crippen LogP contribution >= 0.6 is 0 Å². The standard InChI is InChI=1S/C15H28N2O3/c1-5-6-9-20-10-7-8-17-12(4)14(18)16-13(11(2)3)15(17)19/h11-13H,5-10H2,1-4H3,(H,16,18). The molecule has 5 nitrogen and oxygen atoms in total. The van der Waals surface area contributed by atoms with Gasteiger partial charge in [-0.2, -0.15) is 0 Å². The summed E-state index contributed by atoms with van der Waals surface area (Å²) in [4.78, 5) is 25.9. The first-order valence-electron chi connectivity index (χ1n) is 7.67. The van der Waals surface area contributed by atoms with Crippen molar-refractivity contribution in [1.29, 1.82) is 0 Å². The molecule has 116 valence electrons. The molecule has 2 atom stereocenters. The topological polar surface area (TPSA) is 58.6 Å². The van der Waals surface area contributed by atoms with Crippen LogP contribution in [-0.4, -0.2) is 48.6 Å². The summed E-state index contributed by atoms with van der Waals surface area (Å²) in [5, 5.41) is 2.80. The normalized spacial score (nSPS) is 23.4. The quantitative estimate of drug-likeness (QED) is 0.688. The molecule has 20 heavy (non-hydrogen) atoms. The highest BCUT2D eigenvalue weighted by atomic mass is 16.5. The molecule has 2 amide bonds. The molecule has 0 aromatic rings. The molecule has 2 unspecified atom stereocenters. The second-order valence-electron chi connectivity index (χ2n) is 5.76. The van der Waals surface area contributed by atoms with Gasteiger partial charge in [-0.3, -0.25) is 9.59 Å². The van der Waals surface area contributed by atoms with E-state index in [1.165, 1.54) is 0 Å². The van der Waals surface area contributed by atoms with Crippen LogP contribution in [0.1, 0.15) is 47.0 Å². The molecule has 0 aliphatic carbocycles. The molecule has 1 aliphatic rings. The highest BCUT2D eigenvalue weighted by Gasteiger charge is 2.38. The van der Waals surface area contributed by atoms with Crippen molar-refractivity contribution in [3.05, 3.63) is 0 Å². The fourth-order valence-electron chi connectivity index (χ4n) is 2.29.